The van der Waals surface area contributed by atoms with Crippen LogP contribution < -0.4 is 15.0 Å². The van der Waals surface area contributed by atoms with Crippen molar-refractivity contribution < 1.29 is 13.9 Å². The van der Waals surface area contributed by atoms with Crippen molar-refractivity contribution in [3.63, 3.8) is 0 Å². The quantitative estimate of drug-likeness (QED) is 0.224. The highest BCUT2D eigenvalue weighted by molar-refractivity contribution is 5.85. The standard InChI is InChI=1S/C32H25N3O4/c1-21-11-13-22(14-12-21)20-38-28-16-15-23(17-29(28)37-2)19-33-35-31(30-18-24-7-3-6-10-27(24)39-30)34-26-9-5-4-8-25(26)32(35)36/h3-19H,20H2,1-2H3. The molecule has 0 spiro atoms. The van der Waals surface area contributed by atoms with Crippen LogP contribution in [0.25, 0.3) is 33.5 Å². The van der Waals surface area contributed by atoms with E-state index in [9.17, 15) is 4.79 Å². The van der Waals surface area contributed by atoms with Gasteiger partial charge in [-0.1, -0.05) is 60.2 Å². The first kappa shape index (κ1) is 24.2. The molecule has 0 atom stereocenters. The molecule has 0 saturated heterocycles. The number of fused-ring (bicyclic) bond motifs is 2. The molecule has 4 aromatic carbocycles. The lowest BCUT2D eigenvalue weighted by Gasteiger charge is -2.12. The normalized spacial score (nSPS) is 11.4. The maximum Gasteiger partial charge on any atom is 0.282 e. The number of furan rings is 1. The smallest absolute Gasteiger partial charge is 0.282 e. The van der Waals surface area contributed by atoms with Gasteiger partial charge in [0.1, 0.15) is 12.2 Å². The zero-order valence-corrected chi connectivity index (χ0v) is 21.5. The highest BCUT2D eigenvalue weighted by Gasteiger charge is 2.16. The Morgan fingerprint density at radius 3 is 2.54 bits per heavy atom. The summed E-state index contributed by atoms with van der Waals surface area (Å²) in [5.41, 5.74) is 3.97. The van der Waals surface area contributed by atoms with Crippen molar-refractivity contribution in [3.8, 4) is 23.1 Å². The van der Waals surface area contributed by atoms with Gasteiger partial charge in [0.05, 0.1) is 24.2 Å². The summed E-state index contributed by atoms with van der Waals surface area (Å²) in [6.45, 7) is 2.47. The predicted octanol–water partition coefficient (Wildman–Crippen LogP) is 6.59. The molecule has 0 bridgehead atoms. The topological polar surface area (TPSA) is 78.9 Å². The predicted molar refractivity (Wildman–Crippen MR) is 153 cm³/mol. The van der Waals surface area contributed by atoms with E-state index in [1.165, 1.54) is 10.2 Å². The van der Waals surface area contributed by atoms with Crippen molar-refractivity contribution in [2.75, 3.05) is 7.11 Å². The average molecular weight is 516 g/mol. The van der Waals surface area contributed by atoms with Crippen LogP contribution in [0.3, 0.4) is 0 Å². The number of hydrogen-bond acceptors (Lipinski definition) is 6. The number of hydrogen-bond donors (Lipinski definition) is 0. The van der Waals surface area contributed by atoms with Crippen LogP contribution in [0.4, 0.5) is 0 Å². The maximum absolute atomic E-state index is 13.5. The third-order valence-corrected chi connectivity index (χ3v) is 6.42. The van der Waals surface area contributed by atoms with Gasteiger partial charge >= 0.3 is 0 Å². The monoisotopic (exact) mass is 515 g/mol. The number of para-hydroxylation sites is 2. The van der Waals surface area contributed by atoms with Crippen LogP contribution in [0, 0.1) is 6.92 Å². The molecule has 0 unspecified atom stereocenters. The molecule has 0 aliphatic carbocycles. The SMILES string of the molecule is COc1cc(C=Nn2c(-c3cc4ccccc4o3)nc3ccccc3c2=O)ccc1OCc1ccc(C)cc1. The van der Waals surface area contributed by atoms with Crippen molar-refractivity contribution in [2.45, 2.75) is 13.5 Å². The molecule has 39 heavy (non-hydrogen) atoms. The van der Waals surface area contributed by atoms with Gasteiger partial charge in [0.2, 0.25) is 5.82 Å². The lowest BCUT2D eigenvalue weighted by molar-refractivity contribution is 0.284. The van der Waals surface area contributed by atoms with Gasteiger partial charge in [-0.05, 0) is 60.5 Å². The summed E-state index contributed by atoms with van der Waals surface area (Å²) in [6, 6.07) is 30.4. The van der Waals surface area contributed by atoms with Crippen LogP contribution in [0.5, 0.6) is 11.5 Å². The fraction of sp³-hybridized carbons (Fsp3) is 0.0938. The molecule has 0 aliphatic rings. The van der Waals surface area contributed by atoms with Gasteiger partial charge in [-0.15, -0.1) is 0 Å². The molecular weight excluding hydrogens is 490 g/mol. The Bertz CT molecular complexity index is 1850. The van der Waals surface area contributed by atoms with Gasteiger partial charge in [0.25, 0.3) is 5.56 Å². The molecule has 2 heterocycles. The Hall–Kier alpha value is -5.17. The Morgan fingerprint density at radius 2 is 1.72 bits per heavy atom. The van der Waals surface area contributed by atoms with Crippen molar-refractivity contribution in [2.24, 2.45) is 5.10 Å². The molecule has 192 valence electrons. The average Bonchev–Trinajstić information content (AvgIpc) is 3.41. The van der Waals surface area contributed by atoms with Gasteiger partial charge in [-0.25, -0.2) is 4.98 Å². The Balaban J connectivity index is 1.36. The van der Waals surface area contributed by atoms with Crippen molar-refractivity contribution >= 4 is 28.1 Å². The fourth-order valence-corrected chi connectivity index (χ4v) is 4.34. The third kappa shape index (κ3) is 4.90. The van der Waals surface area contributed by atoms with E-state index in [1.54, 1.807) is 31.5 Å². The zero-order valence-electron chi connectivity index (χ0n) is 21.5. The van der Waals surface area contributed by atoms with E-state index in [4.69, 9.17) is 18.9 Å². The van der Waals surface area contributed by atoms with Gasteiger partial charge in [-0.3, -0.25) is 4.79 Å². The molecule has 7 heteroatoms. The Kier molecular flexibility index (Phi) is 6.39. The van der Waals surface area contributed by atoms with Crippen molar-refractivity contribution in [3.05, 3.63) is 124 Å². The molecule has 0 radical (unpaired) electrons. The minimum Gasteiger partial charge on any atom is -0.493 e. The number of benzene rings is 4. The number of aryl methyl sites for hydroxylation is 1. The molecule has 0 N–H and O–H groups in total. The van der Waals surface area contributed by atoms with E-state index in [2.05, 4.69) is 24.2 Å². The van der Waals surface area contributed by atoms with Crippen molar-refractivity contribution in [1.29, 1.82) is 0 Å². The lowest BCUT2D eigenvalue weighted by Crippen LogP contribution is -2.20. The summed E-state index contributed by atoms with van der Waals surface area (Å²) < 4.78 is 18.9. The van der Waals surface area contributed by atoms with E-state index in [-0.39, 0.29) is 5.56 Å². The summed E-state index contributed by atoms with van der Waals surface area (Å²) in [5.74, 6) is 1.94. The molecule has 7 nitrogen and oxygen atoms in total. The molecule has 0 saturated carbocycles. The van der Waals surface area contributed by atoms with Crippen LogP contribution in [0.2, 0.25) is 0 Å². The second-order valence-electron chi connectivity index (χ2n) is 9.15. The molecule has 0 fully saturated rings. The fourth-order valence-electron chi connectivity index (χ4n) is 4.34. The van der Waals surface area contributed by atoms with E-state index >= 15 is 0 Å². The summed E-state index contributed by atoms with van der Waals surface area (Å²) in [4.78, 5) is 18.2. The Morgan fingerprint density at radius 1 is 0.923 bits per heavy atom. The number of methoxy groups -OCH3 is 1. The minimum atomic E-state index is -0.294. The number of rotatable bonds is 7. The summed E-state index contributed by atoms with van der Waals surface area (Å²) in [5, 5.41) is 5.92. The largest absolute Gasteiger partial charge is 0.493 e. The van der Waals surface area contributed by atoms with Gasteiger partial charge in [-0.2, -0.15) is 9.78 Å². The maximum atomic E-state index is 13.5. The molecule has 6 rings (SSSR count). The molecular formula is C32H25N3O4. The second-order valence-corrected chi connectivity index (χ2v) is 9.15. The van der Waals surface area contributed by atoms with Gasteiger partial charge < -0.3 is 13.9 Å². The Labute approximate surface area is 224 Å². The summed E-state index contributed by atoms with van der Waals surface area (Å²) >= 11 is 0. The van der Waals surface area contributed by atoms with Gasteiger partial charge in [0.15, 0.2) is 17.3 Å². The second kappa shape index (κ2) is 10.3. The molecule has 6 aromatic rings. The van der Waals surface area contributed by atoms with Crippen LogP contribution in [-0.4, -0.2) is 23.0 Å². The van der Waals surface area contributed by atoms with Crippen molar-refractivity contribution in [1.82, 2.24) is 9.66 Å². The van der Waals surface area contributed by atoms with E-state index in [0.717, 1.165) is 16.5 Å². The van der Waals surface area contributed by atoms with E-state index < -0.39 is 0 Å². The molecule has 2 aromatic heterocycles. The van der Waals surface area contributed by atoms with E-state index in [0.29, 0.717) is 46.2 Å². The first-order chi connectivity index (χ1) is 19.1. The molecule has 0 amide bonds. The van der Waals surface area contributed by atoms with Crippen LogP contribution in [0.15, 0.2) is 111 Å². The number of nitrogens with zero attached hydrogens (tertiary/aromatic N) is 3. The minimum absolute atomic E-state index is 0.294. The highest BCUT2D eigenvalue weighted by atomic mass is 16.5. The van der Waals surface area contributed by atoms with Crippen LogP contribution >= 0.6 is 0 Å². The summed E-state index contributed by atoms with van der Waals surface area (Å²) in [6.07, 6.45) is 1.59. The van der Waals surface area contributed by atoms with Crippen LogP contribution in [-0.2, 0) is 6.61 Å². The lowest BCUT2D eigenvalue weighted by atomic mass is 10.2. The summed E-state index contributed by atoms with van der Waals surface area (Å²) in [7, 11) is 1.59. The third-order valence-electron chi connectivity index (χ3n) is 6.42. The van der Waals surface area contributed by atoms with Gasteiger partial charge in [0, 0.05) is 5.39 Å². The van der Waals surface area contributed by atoms with Crippen LogP contribution in [0.1, 0.15) is 16.7 Å². The first-order valence-electron chi connectivity index (χ1n) is 12.5. The number of aromatic nitrogens is 2. The molecule has 0 aliphatic heterocycles. The first-order valence-corrected chi connectivity index (χ1v) is 12.5. The van der Waals surface area contributed by atoms with E-state index in [1.807, 2.05) is 66.7 Å². The zero-order chi connectivity index (χ0) is 26.8. The highest BCUT2D eigenvalue weighted by Crippen LogP contribution is 2.29. The number of ether oxygens (including phenoxy) is 2.